The van der Waals surface area contributed by atoms with Crippen molar-refractivity contribution in [1.82, 2.24) is 4.72 Å². The van der Waals surface area contributed by atoms with E-state index in [1.807, 2.05) is 6.07 Å². The molecule has 0 aliphatic carbocycles. The van der Waals surface area contributed by atoms with E-state index in [1.165, 1.54) is 48.5 Å². The molecule has 3 aromatic rings. The number of ether oxygens (including phenoxy) is 1. The van der Waals surface area contributed by atoms with Crippen LogP contribution in [0.3, 0.4) is 0 Å². The number of sulfonamides is 1. The van der Waals surface area contributed by atoms with Crippen molar-refractivity contribution in [3.8, 4) is 5.75 Å². The van der Waals surface area contributed by atoms with E-state index in [4.69, 9.17) is 0 Å². The minimum atomic E-state index is -4.49. The monoisotopic (exact) mass is 464 g/mol. The third-order valence-electron chi connectivity index (χ3n) is 4.21. The molecule has 0 aliphatic rings. The Morgan fingerprint density at radius 2 is 1.62 bits per heavy atom. The molecule has 3 aromatic carbocycles. The highest BCUT2D eigenvalue weighted by Gasteiger charge is 2.28. The van der Waals surface area contributed by atoms with Crippen molar-refractivity contribution in [1.29, 1.82) is 0 Å². The molecule has 0 saturated heterocycles. The summed E-state index contributed by atoms with van der Waals surface area (Å²) in [6.45, 7) is -1.37. The first-order chi connectivity index (χ1) is 15.1. The van der Waals surface area contributed by atoms with Crippen LogP contribution in [0.15, 0.2) is 83.8 Å². The molecule has 2 N–H and O–H groups in total. The van der Waals surface area contributed by atoms with Gasteiger partial charge in [-0.05, 0) is 35.9 Å². The lowest BCUT2D eigenvalue weighted by Crippen LogP contribution is -2.23. The molecule has 0 bridgehead atoms. The molecule has 10 heteroatoms. The maximum Gasteiger partial charge on any atom is 0.422 e. The molecule has 6 nitrogen and oxygen atoms in total. The third-order valence-corrected chi connectivity index (χ3v) is 5.61. The van der Waals surface area contributed by atoms with Crippen LogP contribution >= 0.6 is 0 Å². The number of alkyl halides is 3. The second-order valence-corrected chi connectivity index (χ2v) is 8.49. The number of hydrogen-bond donors (Lipinski definition) is 2. The molecule has 0 aromatic heterocycles. The van der Waals surface area contributed by atoms with Gasteiger partial charge in [0.2, 0.25) is 10.0 Å². The highest BCUT2D eigenvalue weighted by atomic mass is 32.2. The van der Waals surface area contributed by atoms with E-state index in [0.717, 1.165) is 5.56 Å². The number of hydrogen-bond acceptors (Lipinski definition) is 4. The van der Waals surface area contributed by atoms with Gasteiger partial charge in [0.05, 0.1) is 4.90 Å². The number of anilines is 1. The zero-order valence-corrected chi connectivity index (χ0v) is 17.4. The maximum absolute atomic E-state index is 12.6. The van der Waals surface area contributed by atoms with E-state index in [9.17, 15) is 26.4 Å². The fourth-order valence-electron chi connectivity index (χ4n) is 2.69. The molecule has 0 radical (unpaired) electrons. The highest BCUT2D eigenvalue weighted by molar-refractivity contribution is 7.89. The molecule has 0 aliphatic heterocycles. The second-order valence-electron chi connectivity index (χ2n) is 6.72. The van der Waals surface area contributed by atoms with Crippen molar-refractivity contribution in [3.05, 3.63) is 90.0 Å². The highest BCUT2D eigenvalue weighted by Crippen LogP contribution is 2.22. The molecule has 0 fully saturated rings. The van der Waals surface area contributed by atoms with E-state index in [2.05, 4.69) is 14.8 Å². The summed E-state index contributed by atoms with van der Waals surface area (Å²) in [5, 5.41) is 2.52. The molecule has 0 spiro atoms. The fraction of sp³-hybridized carbons (Fsp3) is 0.136. The number of halogens is 3. The van der Waals surface area contributed by atoms with Gasteiger partial charge in [0.25, 0.3) is 5.91 Å². The predicted octanol–water partition coefficient (Wildman–Crippen LogP) is 4.36. The normalized spacial score (nSPS) is 11.7. The molecule has 0 atom stereocenters. The largest absolute Gasteiger partial charge is 0.484 e. The molecule has 0 unspecified atom stereocenters. The Labute approximate surface area is 183 Å². The van der Waals surface area contributed by atoms with Gasteiger partial charge in [-0.2, -0.15) is 13.2 Å². The zero-order valence-electron chi connectivity index (χ0n) is 16.6. The summed E-state index contributed by atoms with van der Waals surface area (Å²) in [6.07, 6.45) is -4.49. The van der Waals surface area contributed by atoms with Crippen LogP contribution in [0.5, 0.6) is 5.75 Å². The number of nitrogens with one attached hydrogen (secondary N) is 2. The van der Waals surface area contributed by atoms with Gasteiger partial charge in [0.15, 0.2) is 6.61 Å². The minimum absolute atomic E-state index is 0.0641. The average Bonchev–Trinajstić information content (AvgIpc) is 2.77. The summed E-state index contributed by atoms with van der Waals surface area (Å²) in [5.74, 6) is -0.695. The van der Waals surface area contributed by atoms with Crippen LogP contribution in [-0.4, -0.2) is 27.1 Å². The van der Waals surface area contributed by atoms with Gasteiger partial charge >= 0.3 is 6.18 Å². The molecule has 1 amide bonds. The van der Waals surface area contributed by atoms with Gasteiger partial charge < -0.3 is 10.1 Å². The molecular formula is C22H19F3N2O4S. The van der Waals surface area contributed by atoms with Crippen molar-refractivity contribution < 1.29 is 31.1 Å². The Morgan fingerprint density at radius 1 is 0.906 bits per heavy atom. The SMILES string of the molecule is O=C(Nc1cccc(OCC(F)(F)F)c1)c1cccc(S(=O)(=O)NCc2ccccc2)c1. The maximum atomic E-state index is 12.6. The third kappa shape index (κ3) is 6.82. The Bertz CT molecular complexity index is 1180. The molecule has 3 rings (SSSR count). The first-order valence-corrected chi connectivity index (χ1v) is 10.9. The van der Waals surface area contributed by atoms with Crippen LogP contribution in [-0.2, 0) is 16.6 Å². The van der Waals surface area contributed by atoms with Gasteiger partial charge in [-0.3, -0.25) is 4.79 Å². The minimum Gasteiger partial charge on any atom is -0.484 e. The van der Waals surface area contributed by atoms with E-state index < -0.39 is 28.7 Å². The van der Waals surface area contributed by atoms with E-state index in [1.54, 1.807) is 24.3 Å². The van der Waals surface area contributed by atoms with Gasteiger partial charge in [-0.15, -0.1) is 0 Å². The van der Waals surface area contributed by atoms with Crippen LogP contribution in [0, 0.1) is 0 Å². The first-order valence-electron chi connectivity index (χ1n) is 9.37. The quantitative estimate of drug-likeness (QED) is 0.519. The van der Waals surface area contributed by atoms with Crippen LogP contribution in [0.1, 0.15) is 15.9 Å². The van der Waals surface area contributed by atoms with Gasteiger partial charge in [-0.25, -0.2) is 13.1 Å². The summed E-state index contributed by atoms with van der Waals surface area (Å²) in [6, 6.07) is 19.8. The lowest BCUT2D eigenvalue weighted by Gasteiger charge is -2.11. The number of carbonyl (C=O) groups excluding carboxylic acids is 1. The Kier molecular flexibility index (Phi) is 7.16. The van der Waals surface area contributed by atoms with Gasteiger partial charge in [0, 0.05) is 23.9 Å². The zero-order chi connectivity index (χ0) is 23.2. The van der Waals surface area contributed by atoms with Crippen molar-refractivity contribution >= 4 is 21.6 Å². The number of amides is 1. The van der Waals surface area contributed by atoms with Crippen molar-refractivity contribution in [2.45, 2.75) is 17.6 Å². The smallest absolute Gasteiger partial charge is 0.422 e. The topological polar surface area (TPSA) is 84.5 Å². The van der Waals surface area contributed by atoms with Crippen LogP contribution in [0.25, 0.3) is 0 Å². The van der Waals surface area contributed by atoms with Gasteiger partial charge in [-0.1, -0.05) is 42.5 Å². The van der Waals surface area contributed by atoms with Crippen molar-refractivity contribution in [3.63, 3.8) is 0 Å². The van der Waals surface area contributed by atoms with E-state index >= 15 is 0 Å². The van der Waals surface area contributed by atoms with Crippen LogP contribution in [0.2, 0.25) is 0 Å². The standard InChI is InChI=1S/C22H19F3N2O4S/c23-22(24,25)15-31-19-10-5-9-18(13-19)27-21(28)17-8-4-11-20(12-17)32(29,30)26-14-16-6-2-1-3-7-16/h1-13,26H,14-15H2,(H,27,28). The lowest BCUT2D eigenvalue weighted by molar-refractivity contribution is -0.153. The lowest BCUT2D eigenvalue weighted by atomic mass is 10.2. The first kappa shape index (κ1) is 23.3. The summed E-state index contributed by atoms with van der Waals surface area (Å²) >= 11 is 0. The van der Waals surface area contributed by atoms with Crippen molar-refractivity contribution in [2.75, 3.05) is 11.9 Å². The summed E-state index contributed by atoms with van der Waals surface area (Å²) in [7, 11) is -3.87. The molecular weight excluding hydrogens is 445 g/mol. The number of rotatable bonds is 8. The molecule has 0 heterocycles. The van der Waals surface area contributed by atoms with E-state index in [-0.39, 0.29) is 28.4 Å². The van der Waals surface area contributed by atoms with Crippen LogP contribution in [0.4, 0.5) is 18.9 Å². The summed E-state index contributed by atoms with van der Waals surface area (Å²) in [4.78, 5) is 12.5. The molecule has 32 heavy (non-hydrogen) atoms. The second kappa shape index (κ2) is 9.84. The number of carbonyl (C=O) groups is 1. The van der Waals surface area contributed by atoms with E-state index in [0.29, 0.717) is 0 Å². The Morgan fingerprint density at radius 3 is 2.34 bits per heavy atom. The number of benzene rings is 3. The van der Waals surface area contributed by atoms with Crippen molar-refractivity contribution in [2.24, 2.45) is 0 Å². The Balaban J connectivity index is 1.69. The fourth-order valence-corrected chi connectivity index (χ4v) is 3.76. The van der Waals surface area contributed by atoms with Gasteiger partial charge in [0.1, 0.15) is 5.75 Å². The summed E-state index contributed by atoms with van der Waals surface area (Å²) in [5.41, 5.74) is 1.04. The molecule has 0 saturated carbocycles. The Hall–Kier alpha value is -3.37. The summed E-state index contributed by atoms with van der Waals surface area (Å²) < 4.78 is 69.2. The molecule has 168 valence electrons. The predicted molar refractivity (Wildman–Crippen MR) is 113 cm³/mol. The average molecular weight is 464 g/mol. The van der Waals surface area contributed by atoms with Crippen LogP contribution < -0.4 is 14.8 Å².